The first-order valence-corrected chi connectivity index (χ1v) is 14.9. The molecule has 6 nitrogen and oxygen atoms in total. The molecular formula is C35H52O6. The molecule has 1 saturated carbocycles. The van der Waals surface area contributed by atoms with Gasteiger partial charge < -0.3 is 9.84 Å². The molecule has 0 radical (unpaired) electrons. The van der Waals surface area contributed by atoms with Gasteiger partial charge >= 0.3 is 5.97 Å². The van der Waals surface area contributed by atoms with Gasteiger partial charge in [0.1, 0.15) is 11.2 Å². The van der Waals surface area contributed by atoms with Crippen LogP contribution in [0.2, 0.25) is 0 Å². The van der Waals surface area contributed by atoms with Gasteiger partial charge in [-0.25, -0.2) is 0 Å². The van der Waals surface area contributed by atoms with E-state index in [0.717, 1.165) is 16.7 Å². The number of allylic oxidation sites excluding steroid dienone is 6. The third kappa shape index (κ3) is 7.25. The molecule has 2 rings (SSSR count). The molecule has 1 N–H and O–H groups in total. The maximum atomic E-state index is 14.9. The number of hydrogen-bond acceptors (Lipinski definition) is 6. The molecule has 2 bridgehead atoms. The lowest BCUT2D eigenvalue weighted by molar-refractivity contribution is -0.166. The van der Waals surface area contributed by atoms with E-state index in [9.17, 15) is 24.3 Å². The molecular weight excluding hydrogens is 516 g/mol. The normalized spacial score (nSPS) is 30.1. The van der Waals surface area contributed by atoms with Crippen molar-refractivity contribution in [3.05, 3.63) is 47.1 Å². The Bertz CT molecular complexity index is 1160. The fourth-order valence-electron chi connectivity index (χ4n) is 6.17. The summed E-state index contributed by atoms with van der Waals surface area (Å²) in [5.41, 5.74) is -2.72. The molecule has 0 aromatic heterocycles. The number of fused-ring (bicyclic) bond motifs is 2. The molecule has 5 atom stereocenters. The van der Waals surface area contributed by atoms with Crippen molar-refractivity contribution in [3.8, 4) is 0 Å². The average Bonchev–Trinajstić information content (AvgIpc) is 3.05. The Hall–Kier alpha value is -2.60. The summed E-state index contributed by atoms with van der Waals surface area (Å²) < 4.78 is 5.99. The van der Waals surface area contributed by atoms with Crippen LogP contribution in [0.3, 0.4) is 0 Å². The lowest BCUT2D eigenvalue weighted by Gasteiger charge is -2.47. The number of rotatable bonds is 11. The van der Waals surface area contributed by atoms with Crippen molar-refractivity contribution in [2.24, 2.45) is 28.6 Å². The molecule has 0 spiro atoms. The van der Waals surface area contributed by atoms with E-state index in [0.29, 0.717) is 12.8 Å². The predicted molar refractivity (Wildman–Crippen MR) is 163 cm³/mol. The van der Waals surface area contributed by atoms with E-state index in [1.54, 1.807) is 39.8 Å². The minimum Gasteiger partial charge on any atom is -0.442 e. The number of carbonyl (C=O) groups is 4. The summed E-state index contributed by atoms with van der Waals surface area (Å²) in [5.74, 6) is -4.10. The largest absolute Gasteiger partial charge is 0.442 e. The van der Waals surface area contributed by atoms with Crippen molar-refractivity contribution in [2.75, 3.05) is 0 Å². The van der Waals surface area contributed by atoms with Crippen LogP contribution < -0.4 is 0 Å². The van der Waals surface area contributed by atoms with Gasteiger partial charge in [-0.2, -0.15) is 0 Å². The van der Waals surface area contributed by atoms with Gasteiger partial charge in [0.2, 0.25) is 11.4 Å². The lowest BCUT2D eigenvalue weighted by atomic mass is 9.52. The van der Waals surface area contributed by atoms with Gasteiger partial charge in [0.05, 0.1) is 11.5 Å². The molecule has 2 aliphatic rings. The Morgan fingerprint density at radius 1 is 0.951 bits per heavy atom. The third-order valence-electron chi connectivity index (χ3n) is 8.71. The van der Waals surface area contributed by atoms with Gasteiger partial charge in [-0.3, -0.25) is 19.2 Å². The Kier molecular flexibility index (Phi) is 10.7. The summed E-state index contributed by atoms with van der Waals surface area (Å²) in [6, 6.07) is 0. The smallest absolute Gasteiger partial charge is 0.321 e. The third-order valence-corrected chi connectivity index (χ3v) is 8.71. The Morgan fingerprint density at radius 2 is 1.49 bits per heavy atom. The molecule has 0 unspecified atom stereocenters. The highest BCUT2D eigenvalue weighted by molar-refractivity contribution is 6.27. The first-order chi connectivity index (χ1) is 18.7. The molecule has 1 aliphatic carbocycles. The number of Topliss-reactive ketones (excluding diaryl/α,β-unsaturated/α-hetero) is 3. The molecule has 41 heavy (non-hydrogen) atoms. The van der Waals surface area contributed by atoms with E-state index in [1.165, 1.54) is 0 Å². The van der Waals surface area contributed by atoms with E-state index in [-0.39, 0.29) is 31.0 Å². The average molecular weight is 569 g/mol. The summed E-state index contributed by atoms with van der Waals surface area (Å²) in [5, 5.41) is 10.4. The highest BCUT2D eigenvalue weighted by atomic mass is 16.6. The number of hydrogen-bond donors (Lipinski definition) is 1. The Labute approximate surface area is 247 Å². The SMILES string of the molecule is CC(C)=CC[C@H]1C[C@@]2(CC=C(C)C)C(=O)O[C@@](CC=C(C)C)(C(=O)[C@@H](C(=O)C(C)C)[C@@]1(C)C/C=C/C(C)(C)O)C2=O. The predicted octanol–water partition coefficient (Wildman–Crippen LogP) is 7.06. The highest BCUT2D eigenvalue weighted by Gasteiger charge is 2.72. The number of ketones is 3. The molecule has 1 heterocycles. The number of esters is 1. The minimum absolute atomic E-state index is 0.0919. The van der Waals surface area contributed by atoms with Crippen LogP contribution in [0.25, 0.3) is 0 Å². The highest BCUT2D eigenvalue weighted by Crippen LogP contribution is 2.58. The van der Waals surface area contributed by atoms with Crippen LogP contribution in [0.4, 0.5) is 0 Å². The van der Waals surface area contributed by atoms with E-state index in [2.05, 4.69) is 6.08 Å². The fourth-order valence-corrected chi connectivity index (χ4v) is 6.17. The van der Waals surface area contributed by atoms with Crippen LogP contribution in [-0.2, 0) is 23.9 Å². The van der Waals surface area contributed by atoms with Crippen LogP contribution in [0, 0.1) is 28.6 Å². The van der Waals surface area contributed by atoms with E-state index in [4.69, 9.17) is 4.74 Å². The standard InChI is InChI=1S/C35H52O6/c1-22(2)13-14-26-21-34(19-15-23(3)4)30(38)35(41-31(34)39,20-16-24(5)6)29(37)27(28(36)25(7)8)33(26,11)18-12-17-32(9,10)40/h12-13,15-17,25-27,40H,14,18-21H2,1-11H3/b17-12+/t26-,27+,33-,34+,35-/m0/s1. The summed E-state index contributed by atoms with van der Waals surface area (Å²) in [6.45, 7) is 20.3. The molecule has 0 aromatic rings. The lowest BCUT2D eigenvalue weighted by Crippen LogP contribution is -2.59. The fraction of sp³-hybridized carbons (Fsp3) is 0.657. The summed E-state index contributed by atoms with van der Waals surface area (Å²) in [7, 11) is 0. The molecule has 1 aliphatic heterocycles. The van der Waals surface area contributed by atoms with Gasteiger partial charge in [0.15, 0.2) is 5.78 Å². The molecule has 2 fully saturated rings. The number of carbonyl (C=O) groups excluding carboxylic acids is 4. The summed E-state index contributed by atoms with van der Waals surface area (Å²) in [6.07, 6.45) is 10.2. The van der Waals surface area contributed by atoms with Crippen molar-refractivity contribution in [3.63, 3.8) is 0 Å². The second-order valence-corrected chi connectivity index (χ2v) is 14.1. The zero-order valence-electron chi connectivity index (χ0n) is 27.1. The van der Waals surface area contributed by atoms with Gasteiger partial charge in [-0.05, 0) is 92.4 Å². The summed E-state index contributed by atoms with van der Waals surface area (Å²) >= 11 is 0. The Balaban J connectivity index is 3.02. The molecule has 0 amide bonds. The van der Waals surface area contributed by atoms with Gasteiger partial charge in [0.25, 0.3) is 0 Å². The van der Waals surface area contributed by atoms with Crippen LogP contribution in [-0.4, -0.2) is 39.6 Å². The van der Waals surface area contributed by atoms with Gasteiger partial charge in [0, 0.05) is 12.3 Å². The second-order valence-electron chi connectivity index (χ2n) is 14.1. The first-order valence-electron chi connectivity index (χ1n) is 14.9. The number of aliphatic hydroxyl groups is 1. The maximum Gasteiger partial charge on any atom is 0.321 e. The summed E-state index contributed by atoms with van der Waals surface area (Å²) in [4.78, 5) is 57.6. The van der Waals surface area contributed by atoms with Crippen LogP contribution in [0.5, 0.6) is 0 Å². The molecule has 0 aromatic carbocycles. The van der Waals surface area contributed by atoms with Crippen LogP contribution in [0.1, 0.15) is 108 Å². The van der Waals surface area contributed by atoms with Gasteiger partial charge in [-0.15, -0.1) is 0 Å². The maximum absolute atomic E-state index is 14.9. The molecule has 1 saturated heterocycles. The zero-order valence-corrected chi connectivity index (χ0v) is 27.1. The zero-order chi connectivity index (χ0) is 31.6. The van der Waals surface area contributed by atoms with Crippen molar-refractivity contribution in [1.29, 1.82) is 0 Å². The van der Waals surface area contributed by atoms with E-state index < -0.39 is 51.4 Å². The monoisotopic (exact) mass is 568 g/mol. The van der Waals surface area contributed by atoms with Gasteiger partial charge in [-0.1, -0.05) is 67.9 Å². The van der Waals surface area contributed by atoms with Crippen molar-refractivity contribution >= 4 is 23.3 Å². The topological polar surface area (TPSA) is 97.7 Å². The van der Waals surface area contributed by atoms with Crippen LogP contribution >= 0.6 is 0 Å². The van der Waals surface area contributed by atoms with Crippen molar-refractivity contribution < 1.29 is 29.0 Å². The first kappa shape index (κ1) is 34.6. The van der Waals surface area contributed by atoms with E-state index >= 15 is 0 Å². The quantitative estimate of drug-likeness (QED) is 0.163. The van der Waals surface area contributed by atoms with Crippen LogP contribution in [0.15, 0.2) is 47.1 Å². The molecule has 228 valence electrons. The van der Waals surface area contributed by atoms with E-state index in [1.807, 2.05) is 60.6 Å². The van der Waals surface area contributed by atoms with Crippen molar-refractivity contribution in [2.45, 2.75) is 119 Å². The second kappa shape index (κ2) is 12.7. The minimum atomic E-state index is -2.05. The molecule has 6 heteroatoms. The number of ether oxygens (including phenoxy) is 1. The Morgan fingerprint density at radius 3 is 1.98 bits per heavy atom. The van der Waals surface area contributed by atoms with Crippen molar-refractivity contribution in [1.82, 2.24) is 0 Å².